The normalized spacial score (nSPS) is 15.4. The van der Waals surface area contributed by atoms with Crippen molar-refractivity contribution in [1.29, 1.82) is 0 Å². The van der Waals surface area contributed by atoms with Gasteiger partial charge in [0.05, 0.1) is 6.04 Å². The van der Waals surface area contributed by atoms with Gasteiger partial charge in [0.25, 0.3) is 0 Å². The van der Waals surface area contributed by atoms with E-state index in [1.54, 1.807) is 16.2 Å². The topological polar surface area (TPSA) is 61.9 Å². The number of carbonyl (C=O) groups is 2. The van der Waals surface area contributed by atoms with Crippen molar-refractivity contribution in [3.8, 4) is 5.75 Å². The minimum Gasteiger partial charge on any atom is -0.491 e. The van der Waals surface area contributed by atoms with Gasteiger partial charge in [0.15, 0.2) is 0 Å². The highest BCUT2D eigenvalue weighted by Crippen LogP contribution is 2.34. The first kappa shape index (κ1) is 26.4. The van der Waals surface area contributed by atoms with Crippen LogP contribution < -0.4 is 10.1 Å². The maximum Gasteiger partial charge on any atom is 0.318 e. The molecule has 1 aliphatic rings. The molecular weight excluding hydrogens is 470 g/mol. The first-order chi connectivity index (χ1) is 16.2. The van der Waals surface area contributed by atoms with Crippen molar-refractivity contribution >= 4 is 34.9 Å². The number of amides is 3. The number of benzene rings is 1. The molecule has 2 aromatic rings. The second-order valence-corrected chi connectivity index (χ2v) is 11.0. The molecular formula is C26H36ClN3O3S. The Bertz CT molecular complexity index is 991. The van der Waals surface area contributed by atoms with Crippen molar-refractivity contribution < 1.29 is 14.3 Å². The van der Waals surface area contributed by atoms with Crippen LogP contribution in [0.25, 0.3) is 0 Å². The number of nitrogens with zero attached hydrogens (tertiary/aromatic N) is 2. The number of halogens is 1. The molecule has 1 aromatic carbocycles. The van der Waals surface area contributed by atoms with E-state index in [0.29, 0.717) is 30.6 Å². The predicted molar refractivity (Wildman–Crippen MR) is 139 cm³/mol. The smallest absolute Gasteiger partial charge is 0.318 e. The molecule has 1 N–H and O–H groups in total. The van der Waals surface area contributed by atoms with Crippen molar-refractivity contribution in [2.45, 2.75) is 59.5 Å². The molecule has 1 aliphatic heterocycles. The lowest BCUT2D eigenvalue weighted by Crippen LogP contribution is -2.51. The SMILES string of the molecule is Cc1cc(OC[C@@H]2c3ccsc3CCN2C(=O)CN(CCC(C)C)C(=O)NC(C)C)ccc1Cl. The quantitative estimate of drug-likeness (QED) is 0.476. The second-order valence-electron chi connectivity index (χ2n) is 9.58. The van der Waals surface area contributed by atoms with Gasteiger partial charge in [0, 0.05) is 29.0 Å². The Kier molecular flexibility index (Phi) is 9.25. The number of hydrogen-bond acceptors (Lipinski definition) is 4. The summed E-state index contributed by atoms with van der Waals surface area (Å²) in [5.74, 6) is 1.11. The molecule has 0 fully saturated rings. The molecule has 3 rings (SSSR count). The number of thiophene rings is 1. The van der Waals surface area contributed by atoms with Crippen LogP contribution in [0, 0.1) is 12.8 Å². The van der Waals surface area contributed by atoms with Gasteiger partial charge in [0.2, 0.25) is 5.91 Å². The van der Waals surface area contributed by atoms with E-state index in [1.165, 1.54) is 4.88 Å². The molecule has 186 valence electrons. The molecule has 1 atom stereocenters. The van der Waals surface area contributed by atoms with Crippen LogP contribution in [0.15, 0.2) is 29.6 Å². The van der Waals surface area contributed by atoms with Crippen molar-refractivity contribution in [2.24, 2.45) is 5.92 Å². The Morgan fingerprint density at radius 2 is 2.03 bits per heavy atom. The van der Waals surface area contributed by atoms with E-state index in [1.807, 2.05) is 43.9 Å². The van der Waals surface area contributed by atoms with E-state index in [4.69, 9.17) is 16.3 Å². The lowest BCUT2D eigenvalue weighted by atomic mass is 10.0. The maximum absolute atomic E-state index is 13.5. The maximum atomic E-state index is 13.5. The monoisotopic (exact) mass is 505 g/mol. The number of aryl methyl sites for hydroxylation is 1. The molecule has 0 aliphatic carbocycles. The molecule has 0 saturated carbocycles. The molecule has 0 bridgehead atoms. The van der Waals surface area contributed by atoms with E-state index in [-0.39, 0.29) is 30.6 Å². The van der Waals surface area contributed by atoms with Gasteiger partial charge >= 0.3 is 6.03 Å². The molecule has 2 heterocycles. The van der Waals surface area contributed by atoms with E-state index >= 15 is 0 Å². The van der Waals surface area contributed by atoms with Crippen molar-refractivity contribution in [3.05, 3.63) is 50.7 Å². The van der Waals surface area contributed by atoms with Crippen LogP contribution >= 0.6 is 22.9 Å². The molecule has 34 heavy (non-hydrogen) atoms. The summed E-state index contributed by atoms with van der Waals surface area (Å²) in [5.41, 5.74) is 2.08. The summed E-state index contributed by atoms with van der Waals surface area (Å²) in [5, 5.41) is 5.71. The van der Waals surface area contributed by atoms with Crippen molar-refractivity contribution in [2.75, 3.05) is 26.2 Å². The molecule has 6 nitrogen and oxygen atoms in total. The molecule has 3 amide bonds. The highest BCUT2D eigenvalue weighted by Gasteiger charge is 2.33. The largest absolute Gasteiger partial charge is 0.491 e. The van der Waals surface area contributed by atoms with Gasteiger partial charge in [-0.25, -0.2) is 4.79 Å². The van der Waals surface area contributed by atoms with E-state index < -0.39 is 0 Å². The minimum atomic E-state index is -0.196. The van der Waals surface area contributed by atoms with E-state index in [9.17, 15) is 9.59 Å². The van der Waals surface area contributed by atoms with E-state index in [0.717, 1.165) is 29.7 Å². The first-order valence-corrected chi connectivity index (χ1v) is 13.2. The average molecular weight is 506 g/mol. The molecule has 1 aromatic heterocycles. The van der Waals surface area contributed by atoms with Crippen LogP contribution in [-0.2, 0) is 11.2 Å². The van der Waals surface area contributed by atoms with Crippen molar-refractivity contribution in [3.63, 3.8) is 0 Å². The molecule has 0 saturated heterocycles. The van der Waals surface area contributed by atoms with Gasteiger partial charge in [-0.05, 0) is 80.3 Å². The lowest BCUT2D eigenvalue weighted by molar-refractivity contribution is -0.135. The highest BCUT2D eigenvalue weighted by atomic mass is 35.5. The van der Waals surface area contributed by atoms with Crippen molar-refractivity contribution in [1.82, 2.24) is 15.1 Å². The fraction of sp³-hybridized carbons (Fsp3) is 0.538. The Morgan fingerprint density at radius 3 is 2.71 bits per heavy atom. The van der Waals surface area contributed by atoms with Crippen LogP contribution in [0.4, 0.5) is 4.79 Å². The number of carbonyl (C=O) groups excluding carboxylic acids is 2. The number of rotatable bonds is 9. The number of nitrogens with one attached hydrogen (secondary N) is 1. The predicted octanol–water partition coefficient (Wildman–Crippen LogP) is 5.68. The van der Waals surface area contributed by atoms with Gasteiger partial charge in [-0.1, -0.05) is 25.4 Å². The fourth-order valence-corrected chi connectivity index (χ4v) is 5.06. The van der Waals surface area contributed by atoms with Gasteiger partial charge in [-0.15, -0.1) is 11.3 Å². The Balaban J connectivity index is 1.76. The Morgan fingerprint density at radius 1 is 1.26 bits per heavy atom. The summed E-state index contributed by atoms with van der Waals surface area (Å²) in [4.78, 5) is 31.1. The van der Waals surface area contributed by atoms with E-state index in [2.05, 4.69) is 30.6 Å². The fourth-order valence-electron chi connectivity index (χ4n) is 4.02. The molecule has 8 heteroatoms. The summed E-state index contributed by atoms with van der Waals surface area (Å²) in [7, 11) is 0. The zero-order valence-electron chi connectivity index (χ0n) is 20.8. The summed E-state index contributed by atoms with van der Waals surface area (Å²) in [6.45, 7) is 11.6. The third-order valence-corrected chi connectivity index (χ3v) is 7.37. The summed E-state index contributed by atoms with van der Waals surface area (Å²) in [6, 6.07) is 7.30. The number of urea groups is 1. The number of fused-ring (bicyclic) bond motifs is 1. The van der Waals surface area contributed by atoms with Crippen LogP contribution in [0.5, 0.6) is 5.75 Å². The van der Waals surface area contributed by atoms with Crippen LogP contribution in [0.3, 0.4) is 0 Å². The van der Waals surface area contributed by atoms with Gasteiger partial charge < -0.3 is 19.9 Å². The van der Waals surface area contributed by atoms with Gasteiger partial charge in [-0.3, -0.25) is 4.79 Å². The first-order valence-electron chi connectivity index (χ1n) is 12.0. The lowest BCUT2D eigenvalue weighted by Gasteiger charge is -2.37. The van der Waals surface area contributed by atoms with Crippen LogP contribution in [0.2, 0.25) is 5.02 Å². The third-order valence-electron chi connectivity index (χ3n) is 5.95. The standard InChI is InChI=1S/C26H36ClN3O3S/c1-17(2)8-11-29(26(32)28-18(3)4)15-25(31)30-12-9-24-21(10-13-34-24)23(30)16-33-20-6-7-22(27)19(5)14-20/h6-7,10,13-14,17-18,23H,8-9,11-12,15-16H2,1-5H3,(H,28,32)/t23-/m1/s1. The Hall–Kier alpha value is -2.25. The molecule has 0 unspecified atom stereocenters. The summed E-state index contributed by atoms with van der Waals surface area (Å²) in [6.07, 6.45) is 1.66. The average Bonchev–Trinajstić information content (AvgIpc) is 3.25. The third kappa shape index (κ3) is 6.89. The van der Waals surface area contributed by atoms with Crippen LogP contribution in [-0.4, -0.2) is 54.0 Å². The zero-order chi connectivity index (χ0) is 24.8. The highest BCUT2D eigenvalue weighted by molar-refractivity contribution is 7.10. The van der Waals surface area contributed by atoms with Gasteiger partial charge in [0.1, 0.15) is 18.9 Å². The molecule has 0 spiro atoms. The number of ether oxygens (including phenoxy) is 1. The van der Waals surface area contributed by atoms with Gasteiger partial charge in [-0.2, -0.15) is 0 Å². The van der Waals surface area contributed by atoms with Crippen LogP contribution in [0.1, 0.15) is 56.2 Å². The number of hydrogen-bond donors (Lipinski definition) is 1. The zero-order valence-corrected chi connectivity index (χ0v) is 22.3. The molecule has 0 radical (unpaired) electrons. The second kappa shape index (κ2) is 11.9. The summed E-state index contributed by atoms with van der Waals surface area (Å²) >= 11 is 7.87. The summed E-state index contributed by atoms with van der Waals surface area (Å²) < 4.78 is 6.13. The Labute approximate surface area is 212 Å². The minimum absolute atomic E-state index is 0.0106.